The molecule has 0 aliphatic rings. The number of rotatable bonds is 6. The lowest BCUT2D eigenvalue weighted by atomic mass is 9.85. The summed E-state index contributed by atoms with van der Waals surface area (Å²) >= 11 is 3.45. The Morgan fingerprint density at radius 2 is 2.10 bits per heavy atom. The predicted octanol–water partition coefficient (Wildman–Crippen LogP) is 3.55. The number of methoxy groups -OCH3 is 1. The summed E-state index contributed by atoms with van der Waals surface area (Å²) in [5.74, 6) is 0.835. The third-order valence-electron chi connectivity index (χ3n) is 3.28. The lowest BCUT2D eigenvalue weighted by Gasteiger charge is -2.31. The largest absolute Gasteiger partial charge is 0.497 e. The molecule has 1 amide bonds. The molecule has 1 atom stereocenters. The number of benzene rings is 1. The van der Waals surface area contributed by atoms with E-state index in [1.807, 2.05) is 24.3 Å². The molecule has 0 aliphatic heterocycles. The second-order valence-electron chi connectivity index (χ2n) is 5.99. The molecule has 0 saturated heterocycles. The quantitative estimate of drug-likeness (QED) is 0.803. The van der Waals surface area contributed by atoms with Crippen LogP contribution in [0.25, 0.3) is 0 Å². The van der Waals surface area contributed by atoms with Crippen molar-refractivity contribution in [3.05, 3.63) is 29.8 Å². The van der Waals surface area contributed by atoms with Crippen molar-refractivity contribution in [2.24, 2.45) is 5.41 Å². The zero-order valence-corrected chi connectivity index (χ0v) is 14.3. The van der Waals surface area contributed by atoms with Crippen molar-refractivity contribution in [3.8, 4) is 5.75 Å². The first-order chi connectivity index (χ1) is 9.36. The van der Waals surface area contributed by atoms with E-state index in [0.29, 0.717) is 6.42 Å². The van der Waals surface area contributed by atoms with E-state index in [4.69, 9.17) is 4.74 Å². The highest BCUT2D eigenvalue weighted by atomic mass is 79.9. The van der Waals surface area contributed by atoms with Crippen LogP contribution in [0.4, 0.5) is 0 Å². The maximum absolute atomic E-state index is 12.2. The average Bonchev–Trinajstić information content (AvgIpc) is 2.37. The van der Waals surface area contributed by atoms with E-state index in [1.54, 1.807) is 7.11 Å². The van der Waals surface area contributed by atoms with Crippen molar-refractivity contribution in [2.75, 3.05) is 12.4 Å². The topological polar surface area (TPSA) is 38.3 Å². The van der Waals surface area contributed by atoms with Gasteiger partial charge in [0.05, 0.1) is 13.5 Å². The van der Waals surface area contributed by atoms with Crippen LogP contribution in [0.5, 0.6) is 5.75 Å². The number of nitrogens with one attached hydrogen (secondary N) is 1. The van der Waals surface area contributed by atoms with Gasteiger partial charge >= 0.3 is 0 Å². The minimum atomic E-state index is 0.0534. The molecular weight excluding hydrogens is 318 g/mol. The van der Waals surface area contributed by atoms with Crippen LogP contribution in [-0.2, 0) is 11.2 Å². The summed E-state index contributed by atoms with van der Waals surface area (Å²) < 4.78 is 5.17. The van der Waals surface area contributed by atoms with Crippen LogP contribution in [0.3, 0.4) is 0 Å². The molecule has 0 heterocycles. The molecular formula is C16H24BrNO2. The summed E-state index contributed by atoms with van der Waals surface area (Å²) in [6.45, 7) is 6.43. The van der Waals surface area contributed by atoms with Gasteiger partial charge in [0.25, 0.3) is 0 Å². The third kappa shape index (κ3) is 5.53. The van der Waals surface area contributed by atoms with Crippen LogP contribution < -0.4 is 10.1 Å². The van der Waals surface area contributed by atoms with Gasteiger partial charge in [0, 0.05) is 11.4 Å². The number of halogens is 1. The highest BCUT2D eigenvalue weighted by Crippen LogP contribution is 2.22. The average molecular weight is 342 g/mol. The van der Waals surface area contributed by atoms with Crippen molar-refractivity contribution in [1.29, 1.82) is 0 Å². The van der Waals surface area contributed by atoms with E-state index in [-0.39, 0.29) is 17.4 Å². The fourth-order valence-corrected chi connectivity index (χ4v) is 2.50. The Kier molecular flexibility index (Phi) is 6.53. The smallest absolute Gasteiger partial charge is 0.224 e. The Bertz CT molecular complexity index is 440. The van der Waals surface area contributed by atoms with Crippen LogP contribution in [0.1, 0.15) is 32.8 Å². The van der Waals surface area contributed by atoms with Crippen molar-refractivity contribution < 1.29 is 9.53 Å². The summed E-state index contributed by atoms with van der Waals surface area (Å²) in [6.07, 6.45) is 1.30. The second-order valence-corrected chi connectivity index (χ2v) is 6.79. The molecule has 112 valence electrons. The molecule has 0 aromatic heterocycles. The minimum Gasteiger partial charge on any atom is -0.497 e. The summed E-state index contributed by atoms with van der Waals surface area (Å²) in [5.41, 5.74) is 1.02. The Balaban J connectivity index is 2.65. The lowest BCUT2D eigenvalue weighted by molar-refractivity contribution is -0.121. The van der Waals surface area contributed by atoms with Crippen LogP contribution in [0.2, 0.25) is 0 Å². The molecule has 1 unspecified atom stereocenters. The highest BCUT2D eigenvalue weighted by Gasteiger charge is 2.25. The van der Waals surface area contributed by atoms with Crippen molar-refractivity contribution in [2.45, 2.75) is 39.7 Å². The first kappa shape index (κ1) is 17.0. The molecule has 0 saturated carbocycles. The number of carbonyl (C=O) groups is 1. The molecule has 20 heavy (non-hydrogen) atoms. The van der Waals surface area contributed by atoms with Gasteiger partial charge in [-0.05, 0) is 29.5 Å². The fraction of sp³-hybridized carbons (Fsp3) is 0.562. The van der Waals surface area contributed by atoms with Gasteiger partial charge in [0.15, 0.2) is 0 Å². The first-order valence-electron chi connectivity index (χ1n) is 6.85. The molecule has 0 aliphatic carbocycles. The van der Waals surface area contributed by atoms with E-state index in [1.165, 1.54) is 0 Å². The number of amides is 1. The van der Waals surface area contributed by atoms with Crippen molar-refractivity contribution >= 4 is 21.8 Å². The van der Waals surface area contributed by atoms with Crippen LogP contribution >= 0.6 is 15.9 Å². The first-order valence-corrected chi connectivity index (χ1v) is 7.97. The molecule has 1 aromatic rings. The third-order valence-corrected chi connectivity index (χ3v) is 3.74. The normalized spacial score (nSPS) is 12.8. The molecule has 3 nitrogen and oxygen atoms in total. The molecule has 0 spiro atoms. The lowest BCUT2D eigenvalue weighted by Crippen LogP contribution is -2.44. The summed E-state index contributed by atoms with van der Waals surface area (Å²) in [7, 11) is 1.63. The van der Waals surface area contributed by atoms with Crippen molar-refractivity contribution in [3.63, 3.8) is 0 Å². The molecule has 4 heteroatoms. The summed E-state index contributed by atoms with van der Waals surface area (Å²) in [5, 5.41) is 4.02. The van der Waals surface area contributed by atoms with Gasteiger partial charge in [-0.25, -0.2) is 0 Å². The van der Waals surface area contributed by atoms with Gasteiger partial charge in [0.2, 0.25) is 5.91 Å². The Morgan fingerprint density at radius 1 is 1.40 bits per heavy atom. The van der Waals surface area contributed by atoms with Gasteiger partial charge in [-0.2, -0.15) is 0 Å². The zero-order valence-electron chi connectivity index (χ0n) is 12.7. The Labute approximate surface area is 130 Å². The van der Waals surface area contributed by atoms with Gasteiger partial charge < -0.3 is 10.1 Å². The van der Waals surface area contributed by atoms with E-state index in [0.717, 1.165) is 23.1 Å². The van der Waals surface area contributed by atoms with E-state index in [2.05, 4.69) is 42.0 Å². The molecule has 0 bridgehead atoms. The highest BCUT2D eigenvalue weighted by molar-refractivity contribution is 9.09. The zero-order chi connectivity index (χ0) is 15.2. The SMILES string of the molecule is COc1cccc(CC(=O)NC(CCBr)C(C)(C)C)c1. The van der Waals surface area contributed by atoms with E-state index >= 15 is 0 Å². The van der Waals surface area contributed by atoms with Crippen LogP contribution in [-0.4, -0.2) is 24.4 Å². The number of hydrogen-bond acceptors (Lipinski definition) is 2. The van der Waals surface area contributed by atoms with Crippen molar-refractivity contribution in [1.82, 2.24) is 5.32 Å². The molecule has 0 fully saturated rings. The van der Waals surface area contributed by atoms with Gasteiger partial charge in [-0.1, -0.05) is 48.8 Å². The molecule has 1 rings (SSSR count). The molecule has 1 N–H and O–H groups in total. The van der Waals surface area contributed by atoms with Gasteiger partial charge in [-0.3, -0.25) is 4.79 Å². The monoisotopic (exact) mass is 341 g/mol. The second kappa shape index (κ2) is 7.67. The van der Waals surface area contributed by atoms with E-state index in [9.17, 15) is 4.79 Å². The Morgan fingerprint density at radius 3 is 2.65 bits per heavy atom. The fourth-order valence-electron chi connectivity index (χ4n) is 2.04. The van der Waals surface area contributed by atoms with Crippen LogP contribution in [0.15, 0.2) is 24.3 Å². The van der Waals surface area contributed by atoms with E-state index < -0.39 is 0 Å². The maximum atomic E-state index is 12.2. The molecule has 1 aromatic carbocycles. The minimum absolute atomic E-state index is 0.0534. The van der Waals surface area contributed by atoms with Gasteiger partial charge in [-0.15, -0.1) is 0 Å². The molecule has 0 radical (unpaired) electrons. The predicted molar refractivity (Wildman–Crippen MR) is 86.5 cm³/mol. The summed E-state index contributed by atoms with van der Waals surface area (Å²) in [6, 6.07) is 7.79. The number of ether oxygens (including phenoxy) is 1. The summed E-state index contributed by atoms with van der Waals surface area (Å²) in [4.78, 5) is 12.2. The van der Waals surface area contributed by atoms with Gasteiger partial charge in [0.1, 0.15) is 5.75 Å². The number of alkyl halides is 1. The number of carbonyl (C=O) groups excluding carboxylic acids is 1. The Hall–Kier alpha value is -1.03. The van der Waals surface area contributed by atoms with Crippen LogP contribution in [0, 0.1) is 5.41 Å². The standard InChI is InChI=1S/C16H24BrNO2/c1-16(2,3)14(8-9-17)18-15(19)11-12-6-5-7-13(10-12)20-4/h5-7,10,14H,8-9,11H2,1-4H3,(H,18,19). The maximum Gasteiger partial charge on any atom is 0.224 e. The number of hydrogen-bond donors (Lipinski definition) is 1.